The van der Waals surface area contributed by atoms with Gasteiger partial charge in [0, 0.05) is 5.92 Å². The van der Waals surface area contributed by atoms with Crippen molar-refractivity contribution >= 4 is 5.57 Å². The van der Waals surface area contributed by atoms with Gasteiger partial charge in [-0.15, -0.1) is 0 Å². The number of rotatable bonds is 2. The van der Waals surface area contributed by atoms with Crippen LogP contribution >= 0.6 is 0 Å². The van der Waals surface area contributed by atoms with Crippen LogP contribution in [0.4, 0.5) is 0 Å². The molecule has 0 heterocycles. The molecule has 1 aromatic rings. The second kappa shape index (κ2) is 5.13. The first kappa shape index (κ1) is 12.9. The predicted molar refractivity (Wildman–Crippen MR) is 87.3 cm³/mol. The minimum absolute atomic E-state index is 0.435. The lowest BCUT2D eigenvalue weighted by Crippen LogP contribution is -1.89. The monoisotopic (exact) mass is 260 g/mol. The summed E-state index contributed by atoms with van der Waals surface area (Å²) < 4.78 is 0. The summed E-state index contributed by atoms with van der Waals surface area (Å²) in [7, 11) is 0. The quantitative estimate of drug-likeness (QED) is 0.618. The summed E-state index contributed by atoms with van der Waals surface area (Å²) in [4.78, 5) is 0. The van der Waals surface area contributed by atoms with E-state index in [1.54, 1.807) is 0 Å². The molecular formula is C20H20. The molecule has 0 aliphatic heterocycles. The van der Waals surface area contributed by atoms with Crippen LogP contribution in [0, 0.1) is 5.92 Å². The van der Waals surface area contributed by atoms with Crippen LogP contribution in [0.15, 0.2) is 84.0 Å². The molecule has 0 radical (unpaired) electrons. The Kier molecular flexibility index (Phi) is 3.31. The van der Waals surface area contributed by atoms with E-state index < -0.39 is 0 Å². The minimum atomic E-state index is 0.435. The van der Waals surface area contributed by atoms with E-state index in [2.05, 4.69) is 68.6 Å². The summed E-state index contributed by atoms with van der Waals surface area (Å²) in [6, 6.07) is 10.6. The standard InChI is InChI=1S/C20H20/c1-14-11-20(16(3)15(14)2)13-17-9-10-19(12-17)18-7-5-4-6-8-18/h4-10,13,15H,1,3,11-12H2,2H3. The zero-order valence-electron chi connectivity index (χ0n) is 12.0. The van der Waals surface area contributed by atoms with Gasteiger partial charge in [0.25, 0.3) is 0 Å². The third-order valence-corrected chi connectivity index (χ3v) is 4.36. The maximum atomic E-state index is 4.21. The van der Waals surface area contributed by atoms with Gasteiger partial charge in [0.2, 0.25) is 0 Å². The van der Waals surface area contributed by atoms with E-state index in [1.807, 2.05) is 0 Å². The summed E-state index contributed by atoms with van der Waals surface area (Å²) in [5.74, 6) is 0.435. The Bertz CT molecular complexity index is 651. The molecule has 2 aliphatic carbocycles. The smallest absolute Gasteiger partial charge is 0.00174 e. The van der Waals surface area contributed by atoms with Gasteiger partial charge in [-0.25, -0.2) is 0 Å². The highest BCUT2D eigenvalue weighted by Crippen LogP contribution is 2.40. The lowest BCUT2D eigenvalue weighted by molar-refractivity contribution is 0.868. The molecule has 1 unspecified atom stereocenters. The van der Waals surface area contributed by atoms with E-state index in [0.29, 0.717) is 5.92 Å². The normalized spacial score (nSPS) is 24.2. The molecule has 20 heavy (non-hydrogen) atoms. The summed E-state index contributed by atoms with van der Waals surface area (Å²) >= 11 is 0. The highest BCUT2D eigenvalue weighted by atomic mass is 14.3. The number of hydrogen-bond donors (Lipinski definition) is 0. The fourth-order valence-corrected chi connectivity index (χ4v) is 2.90. The van der Waals surface area contributed by atoms with Gasteiger partial charge in [-0.05, 0) is 40.7 Å². The maximum Gasteiger partial charge on any atom is 0.00174 e. The molecule has 0 N–H and O–H groups in total. The van der Waals surface area contributed by atoms with E-state index in [1.165, 1.54) is 33.4 Å². The SMILES string of the molecule is C=C1CC(=CC2=CC=C(c3ccccc3)C2)C(=C)C1C. The van der Waals surface area contributed by atoms with Crippen LogP contribution in [-0.4, -0.2) is 0 Å². The van der Waals surface area contributed by atoms with E-state index in [4.69, 9.17) is 0 Å². The molecule has 0 saturated heterocycles. The molecule has 1 atom stereocenters. The molecule has 0 amide bonds. The van der Waals surface area contributed by atoms with Crippen LogP contribution in [0.25, 0.3) is 5.57 Å². The van der Waals surface area contributed by atoms with E-state index in [9.17, 15) is 0 Å². The second-order valence-corrected chi connectivity index (χ2v) is 5.73. The minimum Gasteiger partial charge on any atom is -0.0989 e. The Labute approximate surface area is 121 Å². The van der Waals surface area contributed by atoms with Crippen molar-refractivity contribution in [2.45, 2.75) is 19.8 Å². The predicted octanol–water partition coefficient (Wildman–Crippen LogP) is 5.48. The van der Waals surface area contributed by atoms with Crippen LogP contribution in [-0.2, 0) is 0 Å². The van der Waals surface area contributed by atoms with Gasteiger partial charge in [0.05, 0.1) is 0 Å². The molecule has 1 saturated carbocycles. The van der Waals surface area contributed by atoms with Gasteiger partial charge >= 0.3 is 0 Å². The van der Waals surface area contributed by atoms with Crippen molar-refractivity contribution in [2.24, 2.45) is 5.92 Å². The van der Waals surface area contributed by atoms with Crippen molar-refractivity contribution in [3.05, 3.63) is 89.6 Å². The third kappa shape index (κ3) is 2.34. The van der Waals surface area contributed by atoms with Crippen molar-refractivity contribution in [2.75, 3.05) is 0 Å². The second-order valence-electron chi connectivity index (χ2n) is 5.73. The number of hydrogen-bond acceptors (Lipinski definition) is 0. The summed E-state index contributed by atoms with van der Waals surface area (Å²) in [5, 5.41) is 0. The van der Waals surface area contributed by atoms with Gasteiger partial charge in [-0.1, -0.05) is 74.2 Å². The Morgan fingerprint density at radius 3 is 2.45 bits per heavy atom. The Hall–Kier alpha value is -2.08. The molecule has 0 heteroatoms. The Morgan fingerprint density at radius 1 is 1.05 bits per heavy atom. The molecular weight excluding hydrogens is 240 g/mol. The zero-order chi connectivity index (χ0) is 14.1. The van der Waals surface area contributed by atoms with E-state index in [0.717, 1.165) is 12.8 Å². The molecule has 1 aromatic carbocycles. The Balaban J connectivity index is 1.74. The van der Waals surface area contributed by atoms with Crippen LogP contribution in [0.2, 0.25) is 0 Å². The van der Waals surface area contributed by atoms with Gasteiger partial charge in [-0.2, -0.15) is 0 Å². The molecule has 0 aromatic heterocycles. The molecule has 2 aliphatic rings. The fraction of sp³-hybridized carbons (Fsp3) is 0.200. The first-order valence-electron chi connectivity index (χ1n) is 7.17. The number of allylic oxidation sites excluding steroid dienone is 8. The average molecular weight is 260 g/mol. The lowest BCUT2D eigenvalue weighted by Gasteiger charge is -2.05. The van der Waals surface area contributed by atoms with E-state index >= 15 is 0 Å². The van der Waals surface area contributed by atoms with Crippen molar-refractivity contribution < 1.29 is 0 Å². The van der Waals surface area contributed by atoms with Gasteiger partial charge in [0.15, 0.2) is 0 Å². The van der Waals surface area contributed by atoms with Gasteiger partial charge in [-0.3, -0.25) is 0 Å². The van der Waals surface area contributed by atoms with Crippen molar-refractivity contribution in [1.29, 1.82) is 0 Å². The third-order valence-electron chi connectivity index (χ3n) is 4.36. The number of benzene rings is 1. The molecule has 100 valence electrons. The van der Waals surface area contributed by atoms with Crippen LogP contribution in [0.3, 0.4) is 0 Å². The van der Waals surface area contributed by atoms with Crippen molar-refractivity contribution in [1.82, 2.24) is 0 Å². The molecule has 0 nitrogen and oxygen atoms in total. The maximum absolute atomic E-state index is 4.21. The Morgan fingerprint density at radius 2 is 1.80 bits per heavy atom. The summed E-state index contributed by atoms with van der Waals surface area (Å²) in [6.45, 7) is 10.5. The largest absolute Gasteiger partial charge is 0.0989 e. The van der Waals surface area contributed by atoms with Gasteiger partial charge < -0.3 is 0 Å². The fourth-order valence-electron chi connectivity index (χ4n) is 2.90. The van der Waals surface area contributed by atoms with Crippen molar-refractivity contribution in [3.8, 4) is 0 Å². The first-order chi connectivity index (χ1) is 9.65. The van der Waals surface area contributed by atoms with E-state index in [-0.39, 0.29) is 0 Å². The lowest BCUT2D eigenvalue weighted by atomic mass is 9.99. The molecule has 1 fully saturated rings. The van der Waals surface area contributed by atoms with Crippen LogP contribution in [0.1, 0.15) is 25.3 Å². The summed E-state index contributed by atoms with van der Waals surface area (Å²) in [6.07, 6.45) is 8.77. The van der Waals surface area contributed by atoms with Crippen molar-refractivity contribution in [3.63, 3.8) is 0 Å². The molecule has 0 bridgehead atoms. The molecule has 3 rings (SSSR count). The molecule has 0 spiro atoms. The first-order valence-corrected chi connectivity index (χ1v) is 7.17. The van der Waals surface area contributed by atoms with Gasteiger partial charge in [0.1, 0.15) is 0 Å². The zero-order valence-corrected chi connectivity index (χ0v) is 12.0. The average Bonchev–Trinajstić information content (AvgIpc) is 3.02. The highest BCUT2D eigenvalue weighted by molar-refractivity contribution is 5.73. The van der Waals surface area contributed by atoms with Crippen LogP contribution < -0.4 is 0 Å². The van der Waals surface area contributed by atoms with Crippen LogP contribution in [0.5, 0.6) is 0 Å². The summed E-state index contributed by atoms with van der Waals surface area (Å²) in [5.41, 5.74) is 7.98. The highest BCUT2D eigenvalue weighted by Gasteiger charge is 2.23. The topological polar surface area (TPSA) is 0 Å².